The minimum absolute atomic E-state index is 0.150. The number of nitrogens with zero attached hydrogens (tertiary/aromatic N) is 1. The highest BCUT2D eigenvalue weighted by Gasteiger charge is 2.53. The fraction of sp³-hybridized carbons (Fsp3) is 0.333. The van der Waals surface area contributed by atoms with Crippen LogP contribution in [0.5, 0.6) is 0 Å². The van der Waals surface area contributed by atoms with Crippen molar-refractivity contribution in [2.45, 2.75) is 37.3 Å². The van der Waals surface area contributed by atoms with Gasteiger partial charge >= 0.3 is 0 Å². The third-order valence-electron chi connectivity index (χ3n) is 5.60. The number of benzene rings is 2. The van der Waals surface area contributed by atoms with Crippen LogP contribution in [0.4, 0.5) is 5.69 Å². The molecule has 0 radical (unpaired) electrons. The summed E-state index contributed by atoms with van der Waals surface area (Å²) in [7, 11) is 0. The second-order valence-electron chi connectivity index (χ2n) is 7.42. The van der Waals surface area contributed by atoms with Crippen molar-refractivity contribution in [1.29, 1.82) is 0 Å². The molecule has 1 amide bonds. The van der Waals surface area contributed by atoms with Gasteiger partial charge in [-0.2, -0.15) is 0 Å². The zero-order valence-corrected chi connectivity index (χ0v) is 17.1. The molecule has 0 unspecified atom stereocenters. The van der Waals surface area contributed by atoms with E-state index in [-0.39, 0.29) is 12.3 Å². The predicted octanol–water partition coefficient (Wildman–Crippen LogP) is 1.83. The van der Waals surface area contributed by atoms with E-state index in [0.29, 0.717) is 16.7 Å². The van der Waals surface area contributed by atoms with Crippen LogP contribution >= 0.6 is 23.8 Å². The van der Waals surface area contributed by atoms with Crippen LogP contribution < -0.4 is 15.5 Å². The summed E-state index contributed by atoms with van der Waals surface area (Å²) in [5.74, 6) is -0.731. The minimum Gasteiger partial charge on any atom is -0.390 e. The lowest BCUT2D eigenvalue weighted by atomic mass is 9.77. The molecular formula is C21H22ClN3O3S. The Hall–Kier alpha value is -2.19. The van der Waals surface area contributed by atoms with Crippen molar-refractivity contribution in [3.8, 4) is 0 Å². The minimum atomic E-state index is -1.02. The summed E-state index contributed by atoms with van der Waals surface area (Å²) in [6, 6.07) is 15.8. The first-order valence-corrected chi connectivity index (χ1v) is 10.3. The molecule has 1 heterocycles. The SMILES string of the molecule is O=C(NCc1ccccc1)[C@@H]1C[C@@H](O)[C@H](O)[C@@H]2NC(=S)N(c3ccc(Cl)cc3)[C@@H]21. The highest BCUT2D eigenvalue weighted by Crippen LogP contribution is 2.37. The molecule has 1 saturated heterocycles. The fourth-order valence-electron chi connectivity index (χ4n) is 4.16. The van der Waals surface area contributed by atoms with E-state index in [1.54, 1.807) is 12.1 Å². The lowest BCUT2D eigenvalue weighted by Gasteiger charge is -2.41. The quantitative estimate of drug-likeness (QED) is 0.553. The van der Waals surface area contributed by atoms with E-state index >= 15 is 0 Å². The van der Waals surface area contributed by atoms with E-state index in [4.69, 9.17) is 23.8 Å². The normalized spacial score (nSPS) is 28.6. The van der Waals surface area contributed by atoms with Gasteiger partial charge in [0.1, 0.15) is 6.10 Å². The van der Waals surface area contributed by atoms with Crippen LogP contribution in [0.25, 0.3) is 0 Å². The Kier molecular flexibility index (Phi) is 5.74. The van der Waals surface area contributed by atoms with Gasteiger partial charge < -0.3 is 25.7 Å². The smallest absolute Gasteiger partial charge is 0.225 e. The molecule has 4 rings (SSSR count). The van der Waals surface area contributed by atoms with Crippen molar-refractivity contribution in [2.75, 3.05) is 4.90 Å². The molecule has 2 aliphatic rings. The fourth-order valence-corrected chi connectivity index (χ4v) is 4.65. The van der Waals surface area contributed by atoms with Crippen molar-refractivity contribution >= 4 is 40.5 Å². The number of rotatable bonds is 4. The second kappa shape index (κ2) is 8.28. The largest absolute Gasteiger partial charge is 0.390 e. The molecule has 2 aromatic carbocycles. The highest BCUT2D eigenvalue weighted by molar-refractivity contribution is 7.80. The van der Waals surface area contributed by atoms with E-state index < -0.39 is 30.2 Å². The maximum atomic E-state index is 13.1. The van der Waals surface area contributed by atoms with Crippen LogP contribution in [0.15, 0.2) is 54.6 Å². The Morgan fingerprint density at radius 2 is 1.86 bits per heavy atom. The van der Waals surface area contributed by atoms with E-state index in [0.717, 1.165) is 11.3 Å². The van der Waals surface area contributed by atoms with Crippen molar-refractivity contribution in [1.82, 2.24) is 10.6 Å². The molecule has 6 nitrogen and oxygen atoms in total. The van der Waals surface area contributed by atoms with Crippen LogP contribution in [-0.4, -0.2) is 45.5 Å². The number of anilines is 1. The van der Waals surface area contributed by atoms with Crippen molar-refractivity contribution < 1.29 is 15.0 Å². The van der Waals surface area contributed by atoms with Crippen LogP contribution in [0.2, 0.25) is 5.02 Å². The van der Waals surface area contributed by atoms with E-state index in [2.05, 4.69) is 10.6 Å². The molecule has 0 spiro atoms. The van der Waals surface area contributed by atoms with Gasteiger partial charge in [0, 0.05) is 17.3 Å². The lowest BCUT2D eigenvalue weighted by molar-refractivity contribution is -0.131. The standard InChI is InChI=1S/C21H22ClN3O3S/c22-13-6-8-14(9-7-13)25-18-15(10-16(26)19(27)17(18)24-21(25)29)20(28)23-11-12-4-2-1-3-5-12/h1-9,15-19,26-27H,10-11H2,(H,23,28)(H,24,29)/t15-,16-,17-,18-,19+/m1/s1. The number of hydrogen-bond acceptors (Lipinski definition) is 4. The summed E-state index contributed by atoms with van der Waals surface area (Å²) in [6.07, 6.45) is -1.88. The Labute approximate surface area is 179 Å². The summed E-state index contributed by atoms with van der Waals surface area (Å²) in [5.41, 5.74) is 1.77. The van der Waals surface area contributed by atoms with Crippen LogP contribution in [0.3, 0.4) is 0 Å². The maximum absolute atomic E-state index is 13.1. The number of aliphatic hydroxyl groups is 2. The van der Waals surface area contributed by atoms with Gasteiger partial charge in [-0.05, 0) is 48.5 Å². The Balaban J connectivity index is 1.60. The molecule has 8 heteroatoms. The lowest BCUT2D eigenvalue weighted by Crippen LogP contribution is -2.60. The van der Waals surface area contributed by atoms with Crippen molar-refractivity contribution in [3.05, 3.63) is 65.2 Å². The summed E-state index contributed by atoms with van der Waals surface area (Å²) in [4.78, 5) is 14.9. The number of fused-ring (bicyclic) bond motifs is 1. The summed E-state index contributed by atoms with van der Waals surface area (Å²) >= 11 is 11.5. The molecular weight excluding hydrogens is 410 g/mol. The molecule has 152 valence electrons. The predicted molar refractivity (Wildman–Crippen MR) is 116 cm³/mol. The molecule has 0 bridgehead atoms. The number of halogens is 1. The third-order valence-corrected chi connectivity index (χ3v) is 6.16. The van der Waals surface area contributed by atoms with E-state index in [1.807, 2.05) is 47.4 Å². The number of aliphatic hydroxyl groups excluding tert-OH is 2. The zero-order chi connectivity index (χ0) is 20.5. The maximum Gasteiger partial charge on any atom is 0.225 e. The molecule has 1 saturated carbocycles. The van der Waals surface area contributed by atoms with Gasteiger partial charge in [-0.3, -0.25) is 4.79 Å². The molecule has 1 aliphatic carbocycles. The average Bonchev–Trinajstić information content (AvgIpc) is 3.07. The Morgan fingerprint density at radius 3 is 2.55 bits per heavy atom. The molecule has 29 heavy (non-hydrogen) atoms. The van der Waals surface area contributed by atoms with Gasteiger partial charge in [0.05, 0.1) is 24.1 Å². The molecule has 2 fully saturated rings. The zero-order valence-electron chi connectivity index (χ0n) is 15.5. The van der Waals surface area contributed by atoms with Crippen LogP contribution in [-0.2, 0) is 11.3 Å². The molecule has 4 N–H and O–H groups in total. The number of carbonyl (C=O) groups is 1. The van der Waals surface area contributed by atoms with Crippen molar-refractivity contribution in [2.24, 2.45) is 5.92 Å². The monoisotopic (exact) mass is 431 g/mol. The highest BCUT2D eigenvalue weighted by atomic mass is 35.5. The van der Waals surface area contributed by atoms with Gasteiger partial charge in [0.15, 0.2) is 5.11 Å². The number of thiocarbonyl (C=S) groups is 1. The molecule has 5 atom stereocenters. The van der Waals surface area contributed by atoms with Gasteiger partial charge in [-0.15, -0.1) is 0 Å². The second-order valence-corrected chi connectivity index (χ2v) is 8.24. The Bertz CT molecular complexity index is 896. The number of hydrogen-bond donors (Lipinski definition) is 4. The third kappa shape index (κ3) is 3.96. The van der Waals surface area contributed by atoms with Gasteiger partial charge in [0.2, 0.25) is 5.91 Å². The number of nitrogens with one attached hydrogen (secondary N) is 2. The number of amides is 1. The van der Waals surface area contributed by atoms with E-state index in [9.17, 15) is 15.0 Å². The Morgan fingerprint density at radius 1 is 1.17 bits per heavy atom. The van der Waals surface area contributed by atoms with E-state index in [1.165, 1.54) is 0 Å². The summed E-state index contributed by atoms with van der Waals surface area (Å²) in [5, 5.41) is 28.0. The molecule has 0 aromatic heterocycles. The summed E-state index contributed by atoms with van der Waals surface area (Å²) < 4.78 is 0. The summed E-state index contributed by atoms with van der Waals surface area (Å²) in [6.45, 7) is 0.394. The molecule has 2 aromatic rings. The number of carbonyl (C=O) groups excluding carboxylic acids is 1. The van der Waals surface area contributed by atoms with Crippen molar-refractivity contribution in [3.63, 3.8) is 0 Å². The first kappa shape index (κ1) is 20.1. The van der Waals surface area contributed by atoms with Crippen LogP contribution in [0.1, 0.15) is 12.0 Å². The van der Waals surface area contributed by atoms with Crippen LogP contribution in [0, 0.1) is 5.92 Å². The van der Waals surface area contributed by atoms with Gasteiger partial charge in [-0.1, -0.05) is 41.9 Å². The molecule has 1 aliphatic heterocycles. The first-order valence-electron chi connectivity index (χ1n) is 9.49. The van der Waals surface area contributed by atoms with Gasteiger partial charge in [0.25, 0.3) is 0 Å². The first-order chi connectivity index (χ1) is 14.0. The topological polar surface area (TPSA) is 84.8 Å². The average molecular weight is 432 g/mol. The van der Waals surface area contributed by atoms with Gasteiger partial charge in [-0.25, -0.2) is 0 Å².